The summed E-state index contributed by atoms with van der Waals surface area (Å²) in [6, 6.07) is 7.12. The Balaban J connectivity index is 2.35. The lowest BCUT2D eigenvalue weighted by Gasteiger charge is -2.20. The van der Waals surface area contributed by atoms with Crippen molar-refractivity contribution in [3.8, 4) is 0 Å². The topological polar surface area (TPSA) is 58.2 Å². The molecule has 0 heterocycles. The van der Waals surface area contributed by atoms with Crippen LogP contribution in [0.3, 0.4) is 0 Å². The zero-order valence-electron chi connectivity index (χ0n) is 11.5. The number of halogens is 2. The van der Waals surface area contributed by atoms with Gasteiger partial charge in [-0.25, -0.2) is 0 Å². The van der Waals surface area contributed by atoms with Crippen LogP contribution in [0.15, 0.2) is 28.7 Å². The van der Waals surface area contributed by atoms with E-state index in [2.05, 4.69) is 26.6 Å². The monoisotopic (exact) mass is 360 g/mol. The third-order valence-electron chi connectivity index (χ3n) is 2.73. The van der Waals surface area contributed by atoms with Crippen molar-refractivity contribution in [2.45, 2.75) is 13.8 Å². The van der Waals surface area contributed by atoms with E-state index in [9.17, 15) is 9.59 Å². The maximum absolute atomic E-state index is 11.8. The fourth-order valence-electron chi connectivity index (χ4n) is 1.38. The summed E-state index contributed by atoms with van der Waals surface area (Å²) in [5.74, 6) is -0.0372. The van der Waals surface area contributed by atoms with Gasteiger partial charge in [0, 0.05) is 29.0 Å². The van der Waals surface area contributed by atoms with Crippen molar-refractivity contribution >= 4 is 39.3 Å². The predicted molar refractivity (Wildman–Crippen MR) is 84.0 cm³/mol. The first-order chi connectivity index (χ1) is 9.36. The first-order valence-corrected chi connectivity index (χ1v) is 7.57. The van der Waals surface area contributed by atoms with Crippen LogP contribution in [0.5, 0.6) is 0 Å². The second-order valence-electron chi connectivity index (χ2n) is 5.04. The molecule has 1 aromatic carbocycles. The highest BCUT2D eigenvalue weighted by Gasteiger charge is 2.25. The summed E-state index contributed by atoms with van der Waals surface area (Å²) in [6.45, 7) is 4.29. The van der Waals surface area contributed by atoms with Gasteiger partial charge in [0.05, 0.1) is 5.41 Å². The summed E-state index contributed by atoms with van der Waals surface area (Å²) in [5, 5.41) is 5.49. The Labute approximate surface area is 132 Å². The summed E-state index contributed by atoms with van der Waals surface area (Å²) in [6.07, 6.45) is 0. The maximum Gasteiger partial charge on any atom is 0.251 e. The molecule has 20 heavy (non-hydrogen) atoms. The highest BCUT2D eigenvalue weighted by atomic mass is 79.9. The van der Waals surface area contributed by atoms with Crippen molar-refractivity contribution in [1.29, 1.82) is 0 Å². The Morgan fingerprint density at radius 2 is 1.90 bits per heavy atom. The minimum absolute atomic E-state index is 0.121. The van der Waals surface area contributed by atoms with E-state index in [1.54, 1.807) is 32.0 Å². The first kappa shape index (κ1) is 17.0. The zero-order valence-corrected chi connectivity index (χ0v) is 13.8. The van der Waals surface area contributed by atoms with Gasteiger partial charge in [-0.05, 0) is 32.0 Å². The van der Waals surface area contributed by atoms with Crippen molar-refractivity contribution < 1.29 is 9.59 Å². The van der Waals surface area contributed by atoms with Crippen molar-refractivity contribution in [3.05, 3.63) is 34.3 Å². The molecule has 0 aromatic heterocycles. The Hall–Kier alpha value is -1.07. The number of hydrogen-bond donors (Lipinski definition) is 2. The average molecular weight is 362 g/mol. The molecule has 2 N–H and O–H groups in total. The van der Waals surface area contributed by atoms with E-state index in [1.165, 1.54) is 0 Å². The fourth-order valence-corrected chi connectivity index (χ4v) is 1.90. The van der Waals surface area contributed by atoms with Gasteiger partial charge >= 0.3 is 0 Å². The molecular weight excluding hydrogens is 344 g/mol. The molecule has 1 aromatic rings. The van der Waals surface area contributed by atoms with Crippen LogP contribution >= 0.6 is 27.5 Å². The highest BCUT2D eigenvalue weighted by Crippen LogP contribution is 2.16. The fraction of sp³-hybridized carbons (Fsp3) is 0.429. The molecular formula is C14H18BrClN2O2. The SMILES string of the molecule is CC(C)(CCl)C(=O)NCCNC(=O)c1cccc(Br)c1. The largest absolute Gasteiger partial charge is 0.354 e. The van der Waals surface area contributed by atoms with Gasteiger partial charge in [-0.2, -0.15) is 0 Å². The standard InChI is InChI=1S/C14H18BrClN2O2/c1-14(2,9-16)13(20)18-7-6-17-12(19)10-4-3-5-11(15)8-10/h3-5,8H,6-7,9H2,1-2H3,(H,17,19)(H,18,20). The second kappa shape index (κ2) is 7.64. The molecule has 0 spiro atoms. The van der Waals surface area contributed by atoms with Crippen LogP contribution in [0.1, 0.15) is 24.2 Å². The smallest absolute Gasteiger partial charge is 0.251 e. The third kappa shape index (κ3) is 5.13. The van der Waals surface area contributed by atoms with Crippen molar-refractivity contribution in [3.63, 3.8) is 0 Å². The Bertz CT molecular complexity index is 492. The molecule has 0 fully saturated rings. The second-order valence-corrected chi connectivity index (χ2v) is 6.22. The van der Waals surface area contributed by atoms with Crippen LogP contribution in [0, 0.1) is 5.41 Å². The lowest BCUT2D eigenvalue weighted by Crippen LogP contribution is -2.41. The minimum atomic E-state index is -0.601. The van der Waals surface area contributed by atoms with E-state index in [4.69, 9.17) is 11.6 Å². The molecule has 0 unspecified atom stereocenters. The molecule has 0 radical (unpaired) electrons. The quantitative estimate of drug-likeness (QED) is 0.604. The van der Waals surface area contributed by atoms with Gasteiger partial charge in [0.15, 0.2) is 0 Å². The first-order valence-electron chi connectivity index (χ1n) is 6.25. The molecule has 0 atom stereocenters. The lowest BCUT2D eigenvalue weighted by atomic mass is 9.95. The Kier molecular flexibility index (Phi) is 6.49. The molecule has 2 amide bonds. The number of benzene rings is 1. The van der Waals surface area contributed by atoms with Gasteiger partial charge < -0.3 is 10.6 Å². The summed E-state index contributed by atoms with van der Waals surface area (Å²) in [7, 11) is 0. The van der Waals surface area contributed by atoms with Gasteiger partial charge in [-0.1, -0.05) is 22.0 Å². The van der Waals surface area contributed by atoms with Gasteiger partial charge in [0.2, 0.25) is 5.91 Å². The molecule has 0 aliphatic heterocycles. The number of alkyl halides is 1. The summed E-state index contributed by atoms with van der Waals surface area (Å²) in [5.41, 5.74) is -0.0256. The number of amides is 2. The van der Waals surface area contributed by atoms with E-state index >= 15 is 0 Å². The van der Waals surface area contributed by atoms with Gasteiger partial charge in [-0.15, -0.1) is 11.6 Å². The van der Waals surface area contributed by atoms with Crippen molar-refractivity contribution in [2.24, 2.45) is 5.41 Å². The predicted octanol–water partition coefficient (Wildman–Crippen LogP) is 2.56. The summed E-state index contributed by atoms with van der Waals surface area (Å²) >= 11 is 9.02. The Morgan fingerprint density at radius 1 is 1.25 bits per heavy atom. The normalized spacial score (nSPS) is 11.0. The number of rotatable bonds is 6. The van der Waals surface area contributed by atoms with Crippen LogP contribution in [0.25, 0.3) is 0 Å². The van der Waals surface area contributed by atoms with Crippen LogP contribution < -0.4 is 10.6 Å². The van der Waals surface area contributed by atoms with E-state index in [1.807, 2.05) is 6.07 Å². The van der Waals surface area contributed by atoms with Crippen LogP contribution in [-0.4, -0.2) is 30.8 Å². The number of carbonyl (C=O) groups excluding carboxylic acids is 2. The molecule has 0 bridgehead atoms. The van der Waals surface area contributed by atoms with Crippen LogP contribution in [0.4, 0.5) is 0 Å². The van der Waals surface area contributed by atoms with E-state index in [-0.39, 0.29) is 17.7 Å². The molecule has 6 heteroatoms. The molecule has 110 valence electrons. The minimum Gasteiger partial charge on any atom is -0.354 e. The van der Waals surface area contributed by atoms with E-state index in [0.29, 0.717) is 18.7 Å². The van der Waals surface area contributed by atoms with E-state index in [0.717, 1.165) is 4.47 Å². The van der Waals surface area contributed by atoms with Crippen molar-refractivity contribution in [1.82, 2.24) is 10.6 Å². The lowest BCUT2D eigenvalue weighted by molar-refractivity contribution is -0.128. The zero-order chi connectivity index (χ0) is 15.2. The molecule has 4 nitrogen and oxygen atoms in total. The molecule has 1 rings (SSSR count). The van der Waals surface area contributed by atoms with Crippen LogP contribution in [0.2, 0.25) is 0 Å². The van der Waals surface area contributed by atoms with Crippen LogP contribution in [-0.2, 0) is 4.79 Å². The number of carbonyl (C=O) groups is 2. The molecule has 0 saturated carbocycles. The molecule has 0 saturated heterocycles. The molecule has 0 aliphatic carbocycles. The van der Waals surface area contributed by atoms with E-state index < -0.39 is 5.41 Å². The summed E-state index contributed by atoms with van der Waals surface area (Å²) < 4.78 is 0.849. The molecule has 0 aliphatic rings. The number of nitrogens with one attached hydrogen (secondary N) is 2. The van der Waals surface area contributed by atoms with Gasteiger partial charge in [-0.3, -0.25) is 9.59 Å². The van der Waals surface area contributed by atoms with Crippen molar-refractivity contribution in [2.75, 3.05) is 19.0 Å². The van der Waals surface area contributed by atoms with Gasteiger partial charge in [0.25, 0.3) is 5.91 Å². The Morgan fingerprint density at radius 3 is 2.50 bits per heavy atom. The average Bonchev–Trinajstić information content (AvgIpc) is 2.42. The number of hydrogen-bond acceptors (Lipinski definition) is 2. The summed E-state index contributed by atoms with van der Waals surface area (Å²) in [4.78, 5) is 23.6. The maximum atomic E-state index is 11.8. The van der Waals surface area contributed by atoms with Gasteiger partial charge in [0.1, 0.15) is 0 Å². The third-order valence-corrected chi connectivity index (χ3v) is 3.89. The highest BCUT2D eigenvalue weighted by molar-refractivity contribution is 9.10.